The van der Waals surface area contributed by atoms with Crippen molar-refractivity contribution in [1.29, 1.82) is 0 Å². The Morgan fingerprint density at radius 2 is 1.41 bits per heavy atom. The Kier molecular flexibility index (Phi) is 6.92. The third-order valence-corrected chi connectivity index (χ3v) is 9.95. The molecule has 1 aliphatic heterocycles. The monoisotopic (exact) mass is 585 g/mol. The number of nitrogens with zero attached hydrogens (tertiary/aromatic N) is 1. The van der Waals surface area contributed by atoms with Crippen LogP contribution in [-0.4, -0.2) is 24.4 Å². The van der Waals surface area contributed by atoms with Gasteiger partial charge in [0, 0.05) is 5.92 Å². The van der Waals surface area contributed by atoms with Crippen LogP contribution in [0.2, 0.25) is 0 Å². The van der Waals surface area contributed by atoms with E-state index in [0.29, 0.717) is 17.9 Å². The number of hydrogen-bond donors (Lipinski definition) is 0. The maximum Gasteiger partial charge on any atom is 0.338 e. The number of alkyl halides is 1. The number of benzene rings is 3. The third kappa shape index (κ3) is 4.07. The van der Waals surface area contributed by atoms with Crippen LogP contribution in [0.3, 0.4) is 0 Å². The lowest BCUT2D eigenvalue weighted by atomic mass is 9.55. The molecule has 2 amide bonds. The summed E-state index contributed by atoms with van der Waals surface area (Å²) >= 11 is 4.02. The smallest absolute Gasteiger partial charge is 0.338 e. The lowest BCUT2D eigenvalue weighted by Crippen LogP contribution is -2.50. The van der Waals surface area contributed by atoms with Gasteiger partial charge in [-0.1, -0.05) is 103 Å². The minimum Gasteiger partial charge on any atom is -0.462 e. The number of carbonyl (C=O) groups is 3. The minimum absolute atomic E-state index is 0.181. The molecule has 2 bridgehead atoms. The van der Waals surface area contributed by atoms with E-state index >= 15 is 0 Å². The van der Waals surface area contributed by atoms with Gasteiger partial charge in [-0.2, -0.15) is 0 Å². The second-order valence-electron chi connectivity index (χ2n) is 10.8. The van der Waals surface area contributed by atoms with Crippen molar-refractivity contribution in [2.24, 2.45) is 11.8 Å². The van der Waals surface area contributed by atoms with Gasteiger partial charge in [0.15, 0.2) is 0 Å². The van der Waals surface area contributed by atoms with Gasteiger partial charge in [-0.05, 0) is 52.9 Å². The molecule has 1 heterocycles. The van der Waals surface area contributed by atoms with Crippen molar-refractivity contribution >= 4 is 39.4 Å². The van der Waals surface area contributed by atoms with Gasteiger partial charge < -0.3 is 4.74 Å². The van der Waals surface area contributed by atoms with E-state index in [1.165, 1.54) is 24.2 Å². The number of imide groups is 1. The molecular weight excluding hydrogens is 554 g/mol. The minimum atomic E-state index is -0.776. The van der Waals surface area contributed by atoms with Gasteiger partial charge in [0.05, 0.1) is 34.0 Å². The van der Waals surface area contributed by atoms with E-state index in [-0.39, 0.29) is 23.7 Å². The van der Waals surface area contributed by atoms with Gasteiger partial charge in [-0.25, -0.2) is 9.69 Å². The number of esters is 1. The van der Waals surface area contributed by atoms with E-state index in [0.717, 1.165) is 41.5 Å². The predicted molar refractivity (Wildman–Crippen MR) is 154 cm³/mol. The summed E-state index contributed by atoms with van der Waals surface area (Å²) in [5.41, 5.74) is 5.21. The van der Waals surface area contributed by atoms with E-state index in [2.05, 4.69) is 47.1 Å². The van der Waals surface area contributed by atoms with E-state index in [1.807, 2.05) is 24.3 Å². The fraction of sp³-hybridized carbons (Fsp3) is 0.364. The summed E-state index contributed by atoms with van der Waals surface area (Å²) in [6, 6.07) is 22.9. The first-order chi connectivity index (χ1) is 19.0. The number of anilines is 1. The molecule has 1 fully saturated rings. The molecule has 0 aromatic heterocycles. The molecule has 7 rings (SSSR count). The molecule has 200 valence electrons. The van der Waals surface area contributed by atoms with Crippen molar-refractivity contribution in [3.63, 3.8) is 0 Å². The van der Waals surface area contributed by atoms with Gasteiger partial charge in [0.25, 0.3) is 0 Å². The number of rotatable bonds is 9. The Labute approximate surface area is 237 Å². The highest BCUT2D eigenvalue weighted by Crippen LogP contribution is 2.66. The summed E-state index contributed by atoms with van der Waals surface area (Å²) in [6.45, 7) is 2.59. The van der Waals surface area contributed by atoms with Crippen LogP contribution in [0.25, 0.3) is 0 Å². The molecular formula is C33H32BrNO4. The maximum absolute atomic E-state index is 14.0. The molecule has 0 saturated carbocycles. The van der Waals surface area contributed by atoms with Crippen LogP contribution in [0.5, 0.6) is 0 Å². The highest BCUT2D eigenvalue weighted by Gasteiger charge is 2.67. The molecule has 2 atom stereocenters. The average Bonchev–Trinajstić information content (AvgIpc) is 3.23. The van der Waals surface area contributed by atoms with Crippen LogP contribution in [0.15, 0.2) is 72.8 Å². The highest BCUT2D eigenvalue weighted by molar-refractivity contribution is 9.09. The van der Waals surface area contributed by atoms with Gasteiger partial charge in [0.2, 0.25) is 11.8 Å². The Morgan fingerprint density at radius 3 is 2.05 bits per heavy atom. The molecule has 3 aromatic carbocycles. The van der Waals surface area contributed by atoms with Crippen molar-refractivity contribution in [3.05, 3.63) is 101 Å². The van der Waals surface area contributed by atoms with Gasteiger partial charge in [-0.3, -0.25) is 9.59 Å². The summed E-state index contributed by atoms with van der Waals surface area (Å²) in [6.07, 6.45) is 6.74. The van der Waals surface area contributed by atoms with Crippen LogP contribution in [0.1, 0.15) is 84.0 Å². The zero-order valence-electron chi connectivity index (χ0n) is 22.1. The van der Waals surface area contributed by atoms with Gasteiger partial charge in [0.1, 0.15) is 0 Å². The summed E-state index contributed by atoms with van der Waals surface area (Å²) in [5.74, 6) is -2.02. The largest absolute Gasteiger partial charge is 0.462 e. The first-order valence-electron chi connectivity index (χ1n) is 14.0. The molecule has 3 aliphatic carbocycles. The topological polar surface area (TPSA) is 63.7 Å². The summed E-state index contributed by atoms with van der Waals surface area (Å²) < 4.78 is 4.67. The number of carbonyl (C=O) groups excluding carboxylic acids is 3. The van der Waals surface area contributed by atoms with Crippen molar-refractivity contribution < 1.29 is 19.1 Å². The number of halogens is 1. The number of amides is 2. The average molecular weight is 587 g/mol. The number of unbranched alkanes of at least 4 members (excludes halogenated alkanes) is 5. The Balaban J connectivity index is 1.23. The standard InChI is InChI=1S/C33H32BrNO4/c1-2-3-4-5-6-11-20-39-32(38)21-16-18-22(19-17-21)35-30(36)28-27-23-12-7-9-14-25(23)33(34,29(28)31(35)37)26-15-10-8-13-24(26)27/h7-10,12-19,27-29H,2-6,11,20H2,1H3. The van der Waals surface area contributed by atoms with Gasteiger partial charge >= 0.3 is 5.97 Å². The Bertz CT molecular complexity index is 1380. The van der Waals surface area contributed by atoms with Crippen LogP contribution in [-0.2, 0) is 18.7 Å². The first-order valence-corrected chi connectivity index (χ1v) is 14.8. The number of hydrogen-bond acceptors (Lipinski definition) is 4. The number of ether oxygens (including phenoxy) is 1. The summed E-state index contributed by atoms with van der Waals surface area (Å²) in [7, 11) is 0. The third-order valence-electron chi connectivity index (χ3n) is 8.61. The van der Waals surface area contributed by atoms with Gasteiger partial charge in [-0.15, -0.1) is 0 Å². The molecule has 0 N–H and O–H groups in total. The normalized spacial score (nSPS) is 24.4. The molecule has 3 aromatic rings. The quantitative estimate of drug-likeness (QED) is 0.116. The van der Waals surface area contributed by atoms with Crippen molar-refractivity contribution in [3.8, 4) is 0 Å². The van der Waals surface area contributed by atoms with Crippen LogP contribution in [0, 0.1) is 11.8 Å². The predicted octanol–water partition coefficient (Wildman–Crippen LogP) is 7.11. The Morgan fingerprint density at radius 1 is 0.821 bits per heavy atom. The van der Waals surface area contributed by atoms with E-state index in [4.69, 9.17) is 4.74 Å². The molecule has 1 saturated heterocycles. The van der Waals surface area contributed by atoms with Crippen LogP contribution >= 0.6 is 15.9 Å². The fourth-order valence-corrected chi connectivity index (χ4v) is 8.01. The van der Waals surface area contributed by atoms with E-state index in [1.54, 1.807) is 24.3 Å². The molecule has 39 heavy (non-hydrogen) atoms. The lowest BCUT2D eigenvalue weighted by molar-refractivity contribution is -0.122. The van der Waals surface area contributed by atoms with Crippen molar-refractivity contribution in [2.75, 3.05) is 11.5 Å². The van der Waals surface area contributed by atoms with Crippen molar-refractivity contribution in [2.45, 2.75) is 55.7 Å². The van der Waals surface area contributed by atoms with Crippen molar-refractivity contribution in [1.82, 2.24) is 0 Å². The molecule has 5 nitrogen and oxygen atoms in total. The maximum atomic E-state index is 14.0. The SMILES string of the molecule is CCCCCCCCOC(=O)c1ccc(N2C(=O)C3C4c5ccccc5C(Br)(c5ccccc54)C3C2=O)cc1. The van der Waals surface area contributed by atoms with E-state index in [9.17, 15) is 14.4 Å². The molecule has 0 radical (unpaired) electrons. The second-order valence-corrected chi connectivity index (χ2v) is 12.1. The zero-order chi connectivity index (χ0) is 27.1. The van der Waals surface area contributed by atoms with E-state index < -0.39 is 16.2 Å². The second kappa shape index (κ2) is 10.4. The summed E-state index contributed by atoms with van der Waals surface area (Å²) in [5, 5.41) is 0. The highest BCUT2D eigenvalue weighted by atomic mass is 79.9. The lowest BCUT2D eigenvalue weighted by Gasteiger charge is -2.51. The first kappa shape index (κ1) is 26.0. The fourth-order valence-electron chi connectivity index (χ4n) is 6.81. The molecule has 4 aliphatic rings. The Hall–Kier alpha value is -3.25. The molecule has 6 heteroatoms. The van der Waals surface area contributed by atoms with Crippen LogP contribution in [0.4, 0.5) is 5.69 Å². The summed E-state index contributed by atoms with van der Waals surface area (Å²) in [4.78, 5) is 41.9. The molecule has 0 spiro atoms. The zero-order valence-corrected chi connectivity index (χ0v) is 23.7. The molecule has 2 unspecified atom stereocenters. The van der Waals surface area contributed by atoms with Crippen LogP contribution < -0.4 is 4.90 Å².